The average Bonchev–Trinajstić information content (AvgIpc) is 1.82. The number of piperidine rings is 1. The van der Waals surface area contributed by atoms with Crippen LogP contribution >= 0.6 is 0 Å². The normalized spacial score (nSPS) is 28.7. The molecule has 1 unspecified atom stereocenters. The molecule has 0 bridgehead atoms. The smallest absolute Gasteiger partial charge is 0.266 e. The molecule has 1 rings (SSSR count). The molecule has 0 aromatic rings. The zero-order chi connectivity index (χ0) is 9.35. The maximum absolute atomic E-state index is 12.8. The summed E-state index contributed by atoms with van der Waals surface area (Å²) in [6.45, 7) is 1.02. The van der Waals surface area contributed by atoms with Gasteiger partial charge >= 0.3 is 0 Å². The van der Waals surface area contributed by atoms with E-state index < -0.39 is 18.5 Å². The number of likely N-dealkylation sites (tertiary alicyclic amines) is 1. The molecule has 1 amide bonds. The number of rotatable bonds is 0. The minimum absolute atomic E-state index is 0.241. The number of carbonyl (C=O) groups is 1. The van der Waals surface area contributed by atoms with Crippen molar-refractivity contribution in [3.8, 4) is 0 Å². The van der Waals surface area contributed by atoms with Gasteiger partial charge in [-0.2, -0.15) is 0 Å². The van der Waals surface area contributed by atoms with Crippen molar-refractivity contribution in [3.63, 3.8) is 0 Å². The van der Waals surface area contributed by atoms with Crippen molar-refractivity contribution in [1.82, 2.24) is 4.90 Å². The van der Waals surface area contributed by atoms with Gasteiger partial charge in [-0.15, -0.1) is 0 Å². The van der Waals surface area contributed by atoms with Crippen LogP contribution in [0.2, 0.25) is 0 Å². The number of hydrogen-bond acceptors (Lipinski definition) is 2. The van der Waals surface area contributed by atoms with Crippen LogP contribution in [0.15, 0.2) is 0 Å². The van der Waals surface area contributed by atoms with Gasteiger partial charge in [-0.1, -0.05) is 0 Å². The minimum atomic E-state index is -2.82. The lowest BCUT2D eigenvalue weighted by molar-refractivity contribution is -0.140. The Morgan fingerprint density at radius 2 is 2.25 bits per heavy atom. The Morgan fingerprint density at radius 1 is 1.67 bits per heavy atom. The first-order valence-electron chi connectivity index (χ1n) is 3.80. The molecule has 1 heterocycles. The summed E-state index contributed by atoms with van der Waals surface area (Å²) >= 11 is 0. The molecule has 3 nitrogen and oxygen atoms in total. The molecule has 0 radical (unpaired) electrons. The first-order valence-corrected chi connectivity index (χ1v) is 3.80. The molecule has 0 spiro atoms. The van der Waals surface area contributed by atoms with Crippen LogP contribution in [-0.4, -0.2) is 35.9 Å². The zero-order valence-corrected chi connectivity index (χ0v) is 6.89. The van der Waals surface area contributed by atoms with Gasteiger partial charge in [0, 0.05) is 25.9 Å². The summed E-state index contributed by atoms with van der Waals surface area (Å²) in [5.41, 5.74) is 5.36. The summed E-state index contributed by atoms with van der Waals surface area (Å²) < 4.78 is 25.6. The lowest BCUT2D eigenvalue weighted by Gasteiger charge is -2.35. The van der Waals surface area contributed by atoms with E-state index >= 15 is 0 Å². The second-order valence-corrected chi connectivity index (χ2v) is 3.22. The Morgan fingerprint density at radius 3 is 2.67 bits per heavy atom. The fourth-order valence-electron chi connectivity index (χ4n) is 1.38. The van der Waals surface area contributed by atoms with Crippen molar-refractivity contribution < 1.29 is 13.6 Å². The fraction of sp³-hybridized carbons (Fsp3) is 0.857. The van der Waals surface area contributed by atoms with E-state index in [2.05, 4.69) is 0 Å². The van der Waals surface area contributed by atoms with Gasteiger partial charge in [0.05, 0.1) is 6.54 Å². The fourth-order valence-corrected chi connectivity index (χ4v) is 1.38. The Labute approximate surface area is 69.5 Å². The highest BCUT2D eigenvalue weighted by molar-refractivity contribution is 5.73. The van der Waals surface area contributed by atoms with Gasteiger partial charge in [0.1, 0.15) is 0 Å². The van der Waals surface area contributed by atoms with Crippen molar-refractivity contribution in [2.45, 2.75) is 25.3 Å². The Bertz CT molecular complexity index is 196. The predicted octanol–water partition coefficient (Wildman–Crippen LogP) is 0.201. The SMILES string of the molecule is CC(=O)N1CC(N)CC(F)(F)C1. The molecule has 1 saturated heterocycles. The van der Waals surface area contributed by atoms with Crippen LogP contribution < -0.4 is 5.73 Å². The Hall–Kier alpha value is -0.710. The van der Waals surface area contributed by atoms with E-state index in [1.54, 1.807) is 0 Å². The van der Waals surface area contributed by atoms with Crippen LogP contribution in [0.25, 0.3) is 0 Å². The van der Waals surface area contributed by atoms with E-state index in [9.17, 15) is 13.6 Å². The Kier molecular flexibility index (Phi) is 2.32. The highest BCUT2D eigenvalue weighted by atomic mass is 19.3. The molecule has 12 heavy (non-hydrogen) atoms. The summed E-state index contributed by atoms with van der Waals surface area (Å²) in [5, 5.41) is 0. The number of halogens is 2. The van der Waals surface area contributed by atoms with Crippen LogP contribution in [-0.2, 0) is 4.79 Å². The number of carbonyl (C=O) groups excluding carboxylic acids is 1. The average molecular weight is 178 g/mol. The van der Waals surface area contributed by atoms with Gasteiger partial charge in [-0.3, -0.25) is 4.79 Å². The van der Waals surface area contributed by atoms with Gasteiger partial charge in [0.15, 0.2) is 0 Å². The maximum Gasteiger partial charge on any atom is 0.266 e. The van der Waals surface area contributed by atoms with Crippen LogP contribution in [0.4, 0.5) is 8.78 Å². The molecule has 0 aliphatic carbocycles. The molecular weight excluding hydrogens is 166 g/mol. The van der Waals surface area contributed by atoms with E-state index in [1.807, 2.05) is 0 Å². The Balaban J connectivity index is 2.64. The largest absolute Gasteiger partial charge is 0.335 e. The molecule has 1 aliphatic heterocycles. The molecule has 0 aromatic heterocycles. The van der Waals surface area contributed by atoms with Crippen molar-refractivity contribution >= 4 is 5.91 Å². The standard InChI is InChI=1S/C7H12F2N2O/c1-5(12)11-3-6(10)2-7(8,9)4-11/h6H,2-4,10H2,1H3. The first-order chi connectivity index (χ1) is 5.41. The maximum atomic E-state index is 12.8. The molecule has 70 valence electrons. The van der Waals surface area contributed by atoms with Crippen LogP contribution in [0.3, 0.4) is 0 Å². The highest BCUT2D eigenvalue weighted by Gasteiger charge is 2.39. The van der Waals surface area contributed by atoms with Gasteiger partial charge < -0.3 is 10.6 Å². The van der Waals surface area contributed by atoms with Gasteiger partial charge in [-0.05, 0) is 0 Å². The summed E-state index contributed by atoms with van der Waals surface area (Å²) in [7, 11) is 0. The molecule has 1 atom stereocenters. The van der Waals surface area contributed by atoms with Crippen molar-refractivity contribution in [2.75, 3.05) is 13.1 Å². The number of amides is 1. The molecule has 0 saturated carbocycles. The van der Waals surface area contributed by atoms with E-state index in [0.29, 0.717) is 0 Å². The third-order valence-corrected chi connectivity index (χ3v) is 1.88. The van der Waals surface area contributed by atoms with Crippen LogP contribution in [0.5, 0.6) is 0 Å². The van der Waals surface area contributed by atoms with E-state index in [-0.39, 0.29) is 18.9 Å². The predicted molar refractivity (Wildman–Crippen MR) is 39.8 cm³/mol. The molecule has 5 heteroatoms. The quantitative estimate of drug-likeness (QED) is 0.576. The summed E-state index contributed by atoms with van der Waals surface area (Å²) in [6.07, 6.45) is -0.323. The number of nitrogens with zero attached hydrogens (tertiary/aromatic N) is 1. The van der Waals surface area contributed by atoms with Gasteiger partial charge in [-0.25, -0.2) is 8.78 Å². The first kappa shape index (κ1) is 9.38. The molecule has 1 fully saturated rings. The summed E-state index contributed by atoms with van der Waals surface area (Å²) in [4.78, 5) is 11.9. The lowest BCUT2D eigenvalue weighted by atomic mass is 10.0. The van der Waals surface area contributed by atoms with E-state index in [1.165, 1.54) is 6.92 Å². The van der Waals surface area contributed by atoms with Gasteiger partial charge in [0.2, 0.25) is 5.91 Å². The van der Waals surface area contributed by atoms with E-state index in [4.69, 9.17) is 5.73 Å². The second kappa shape index (κ2) is 2.97. The lowest BCUT2D eigenvalue weighted by Crippen LogP contribution is -2.53. The third kappa shape index (κ3) is 2.14. The highest BCUT2D eigenvalue weighted by Crippen LogP contribution is 2.25. The number of nitrogens with two attached hydrogens (primary N) is 1. The van der Waals surface area contributed by atoms with E-state index in [0.717, 1.165) is 4.90 Å². The van der Waals surface area contributed by atoms with Crippen LogP contribution in [0, 0.1) is 0 Å². The monoisotopic (exact) mass is 178 g/mol. The minimum Gasteiger partial charge on any atom is -0.335 e. The number of hydrogen-bond donors (Lipinski definition) is 1. The molecule has 0 aromatic carbocycles. The van der Waals surface area contributed by atoms with Crippen molar-refractivity contribution in [2.24, 2.45) is 5.73 Å². The van der Waals surface area contributed by atoms with Gasteiger partial charge in [0.25, 0.3) is 5.92 Å². The summed E-state index contributed by atoms with van der Waals surface area (Å²) in [6, 6.07) is -0.599. The summed E-state index contributed by atoms with van der Waals surface area (Å²) in [5.74, 6) is -3.16. The molecular formula is C7H12F2N2O. The van der Waals surface area contributed by atoms with Crippen molar-refractivity contribution in [3.05, 3.63) is 0 Å². The topological polar surface area (TPSA) is 46.3 Å². The third-order valence-electron chi connectivity index (χ3n) is 1.88. The molecule has 1 aliphatic rings. The number of alkyl halides is 2. The second-order valence-electron chi connectivity index (χ2n) is 3.22. The molecule has 2 N–H and O–H groups in total. The van der Waals surface area contributed by atoms with Crippen LogP contribution in [0.1, 0.15) is 13.3 Å². The zero-order valence-electron chi connectivity index (χ0n) is 6.89. The van der Waals surface area contributed by atoms with Crippen molar-refractivity contribution in [1.29, 1.82) is 0 Å².